The predicted octanol–water partition coefficient (Wildman–Crippen LogP) is 3.72. The van der Waals surface area contributed by atoms with Crippen LogP contribution in [0.4, 0.5) is 10.5 Å². The third-order valence-corrected chi connectivity index (χ3v) is 4.64. The lowest BCUT2D eigenvalue weighted by atomic mass is 10.1. The summed E-state index contributed by atoms with van der Waals surface area (Å²) >= 11 is 0. The van der Waals surface area contributed by atoms with Crippen LogP contribution in [0.25, 0.3) is 0 Å². The zero-order valence-electron chi connectivity index (χ0n) is 14.8. The van der Waals surface area contributed by atoms with Gasteiger partial charge in [-0.25, -0.2) is 4.79 Å². The standard InChI is InChI=1S/C21H25N3O2/c25-20(23-18-8-4-5-9-18)17-10-12-19(13-11-17)24-21(26)22-15-14-16-6-2-1-3-7-16/h1-3,6-7,10-13,18H,4-5,8-9,14-15H2,(H,23,25)(H2,22,24,26). The normalized spacial score (nSPS) is 14.0. The van der Waals surface area contributed by atoms with Crippen LogP contribution < -0.4 is 16.0 Å². The molecular formula is C21H25N3O2. The number of carbonyl (C=O) groups excluding carboxylic acids is 2. The molecule has 0 aliphatic heterocycles. The Balaban J connectivity index is 1.43. The minimum atomic E-state index is -0.246. The topological polar surface area (TPSA) is 70.2 Å². The van der Waals surface area contributed by atoms with E-state index in [0.29, 0.717) is 23.8 Å². The molecule has 1 fully saturated rings. The van der Waals surface area contributed by atoms with Crippen LogP contribution in [0.3, 0.4) is 0 Å². The molecular weight excluding hydrogens is 326 g/mol. The Bertz CT molecular complexity index is 723. The molecule has 0 atom stereocenters. The Kier molecular flexibility index (Phi) is 6.25. The van der Waals surface area contributed by atoms with E-state index in [-0.39, 0.29) is 11.9 Å². The molecule has 0 bridgehead atoms. The van der Waals surface area contributed by atoms with Crippen molar-refractivity contribution in [3.05, 3.63) is 65.7 Å². The molecule has 3 amide bonds. The molecule has 0 radical (unpaired) electrons. The molecule has 5 nitrogen and oxygen atoms in total. The lowest BCUT2D eigenvalue weighted by Crippen LogP contribution is -2.32. The molecule has 0 saturated heterocycles. The quantitative estimate of drug-likeness (QED) is 0.742. The van der Waals surface area contributed by atoms with Gasteiger partial charge in [-0.1, -0.05) is 43.2 Å². The van der Waals surface area contributed by atoms with Gasteiger partial charge in [-0.15, -0.1) is 0 Å². The van der Waals surface area contributed by atoms with Gasteiger partial charge in [-0.3, -0.25) is 4.79 Å². The van der Waals surface area contributed by atoms with E-state index in [1.807, 2.05) is 30.3 Å². The fourth-order valence-corrected chi connectivity index (χ4v) is 3.18. The molecule has 2 aromatic carbocycles. The first-order valence-corrected chi connectivity index (χ1v) is 9.20. The Morgan fingerprint density at radius 1 is 0.923 bits per heavy atom. The molecule has 136 valence electrons. The van der Waals surface area contributed by atoms with Gasteiger partial charge in [0.15, 0.2) is 0 Å². The number of anilines is 1. The lowest BCUT2D eigenvalue weighted by Gasteiger charge is -2.12. The van der Waals surface area contributed by atoms with Crippen molar-refractivity contribution in [3.8, 4) is 0 Å². The molecule has 0 aromatic heterocycles. The summed E-state index contributed by atoms with van der Waals surface area (Å²) < 4.78 is 0. The highest BCUT2D eigenvalue weighted by atomic mass is 16.2. The van der Waals surface area contributed by atoms with Crippen LogP contribution in [0.1, 0.15) is 41.6 Å². The average Bonchev–Trinajstić information content (AvgIpc) is 3.16. The minimum absolute atomic E-state index is 0.0456. The summed E-state index contributed by atoms with van der Waals surface area (Å²) in [4.78, 5) is 24.1. The van der Waals surface area contributed by atoms with Crippen molar-refractivity contribution in [2.45, 2.75) is 38.1 Å². The van der Waals surface area contributed by atoms with Crippen LogP contribution in [0, 0.1) is 0 Å². The highest BCUT2D eigenvalue weighted by molar-refractivity contribution is 5.95. The highest BCUT2D eigenvalue weighted by Crippen LogP contribution is 2.18. The maximum atomic E-state index is 12.2. The Morgan fingerprint density at radius 2 is 1.62 bits per heavy atom. The average molecular weight is 351 g/mol. The van der Waals surface area contributed by atoms with E-state index >= 15 is 0 Å². The summed E-state index contributed by atoms with van der Waals surface area (Å²) in [5, 5.41) is 8.68. The number of benzene rings is 2. The van der Waals surface area contributed by atoms with Crippen molar-refractivity contribution < 1.29 is 9.59 Å². The van der Waals surface area contributed by atoms with Gasteiger partial charge in [0.25, 0.3) is 5.91 Å². The number of carbonyl (C=O) groups is 2. The van der Waals surface area contributed by atoms with E-state index in [4.69, 9.17) is 0 Å². The highest BCUT2D eigenvalue weighted by Gasteiger charge is 2.17. The summed E-state index contributed by atoms with van der Waals surface area (Å²) in [6.07, 6.45) is 5.29. The van der Waals surface area contributed by atoms with E-state index in [2.05, 4.69) is 16.0 Å². The summed E-state index contributed by atoms with van der Waals surface area (Å²) in [7, 11) is 0. The lowest BCUT2D eigenvalue weighted by molar-refractivity contribution is 0.0938. The SMILES string of the molecule is O=C(NCCc1ccccc1)Nc1ccc(C(=O)NC2CCCC2)cc1. The van der Waals surface area contributed by atoms with Crippen molar-refractivity contribution in [2.24, 2.45) is 0 Å². The molecule has 5 heteroatoms. The zero-order valence-corrected chi connectivity index (χ0v) is 14.8. The van der Waals surface area contributed by atoms with Crippen LogP contribution in [0.15, 0.2) is 54.6 Å². The second-order valence-corrected chi connectivity index (χ2v) is 6.65. The fraction of sp³-hybridized carbons (Fsp3) is 0.333. The molecule has 2 aromatic rings. The van der Waals surface area contributed by atoms with Gasteiger partial charge in [0.1, 0.15) is 0 Å². The summed E-state index contributed by atoms with van der Waals surface area (Å²) in [5.41, 5.74) is 2.47. The van der Waals surface area contributed by atoms with E-state index in [9.17, 15) is 9.59 Å². The third-order valence-electron chi connectivity index (χ3n) is 4.64. The number of rotatable bonds is 6. The van der Waals surface area contributed by atoms with E-state index in [0.717, 1.165) is 19.3 Å². The number of hydrogen-bond donors (Lipinski definition) is 3. The predicted molar refractivity (Wildman–Crippen MR) is 103 cm³/mol. The summed E-state index contributed by atoms with van der Waals surface area (Å²) in [5.74, 6) is -0.0456. The Labute approximate surface area is 154 Å². The number of amides is 3. The number of hydrogen-bond acceptors (Lipinski definition) is 2. The van der Waals surface area contributed by atoms with Crippen LogP contribution in [0.2, 0.25) is 0 Å². The van der Waals surface area contributed by atoms with Gasteiger partial charge in [-0.2, -0.15) is 0 Å². The molecule has 1 aliphatic carbocycles. The Hall–Kier alpha value is -2.82. The van der Waals surface area contributed by atoms with Gasteiger partial charge in [-0.05, 0) is 49.1 Å². The van der Waals surface area contributed by atoms with Crippen LogP contribution in [-0.4, -0.2) is 24.5 Å². The van der Waals surface area contributed by atoms with Crippen LogP contribution >= 0.6 is 0 Å². The fourth-order valence-electron chi connectivity index (χ4n) is 3.18. The maximum absolute atomic E-state index is 12.2. The van der Waals surface area contributed by atoms with Crippen molar-refractivity contribution in [1.29, 1.82) is 0 Å². The van der Waals surface area contributed by atoms with Crippen LogP contribution in [0.5, 0.6) is 0 Å². The van der Waals surface area contributed by atoms with Gasteiger partial charge >= 0.3 is 6.03 Å². The van der Waals surface area contributed by atoms with E-state index in [1.165, 1.54) is 18.4 Å². The number of urea groups is 1. The molecule has 0 unspecified atom stereocenters. The van der Waals surface area contributed by atoms with Crippen molar-refractivity contribution >= 4 is 17.6 Å². The monoisotopic (exact) mass is 351 g/mol. The zero-order chi connectivity index (χ0) is 18.2. The second kappa shape index (κ2) is 9.04. The van der Waals surface area contributed by atoms with Crippen LogP contribution in [-0.2, 0) is 6.42 Å². The second-order valence-electron chi connectivity index (χ2n) is 6.65. The largest absolute Gasteiger partial charge is 0.349 e. The van der Waals surface area contributed by atoms with Gasteiger partial charge < -0.3 is 16.0 Å². The molecule has 1 saturated carbocycles. The van der Waals surface area contributed by atoms with E-state index in [1.54, 1.807) is 24.3 Å². The van der Waals surface area contributed by atoms with Gasteiger partial charge in [0.2, 0.25) is 0 Å². The van der Waals surface area contributed by atoms with E-state index < -0.39 is 0 Å². The molecule has 1 aliphatic rings. The molecule has 0 spiro atoms. The molecule has 0 heterocycles. The summed E-state index contributed by atoms with van der Waals surface area (Å²) in [6, 6.07) is 17.1. The van der Waals surface area contributed by atoms with Crippen molar-refractivity contribution in [2.75, 3.05) is 11.9 Å². The first-order chi connectivity index (χ1) is 12.7. The van der Waals surface area contributed by atoms with Crippen molar-refractivity contribution in [3.63, 3.8) is 0 Å². The van der Waals surface area contributed by atoms with Gasteiger partial charge in [0.05, 0.1) is 0 Å². The smallest absolute Gasteiger partial charge is 0.319 e. The Morgan fingerprint density at radius 3 is 2.31 bits per heavy atom. The first kappa shape index (κ1) is 18.0. The molecule has 26 heavy (non-hydrogen) atoms. The first-order valence-electron chi connectivity index (χ1n) is 9.20. The summed E-state index contributed by atoms with van der Waals surface area (Å²) in [6.45, 7) is 0.567. The van der Waals surface area contributed by atoms with Gasteiger partial charge in [0, 0.05) is 23.8 Å². The number of nitrogens with one attached hydrogen (secondary N) is 3. The minimum Gasteiger partial charge on any atom is -0.349 e. The third kappa shape index (κ3) is 5.34. The molecule has 3 rings (SSSR count). The van der Waals surface area contributed by atoms with Crippen molar-refractivity contribution in [1.82, 2.24) is 10.6 Å². The maximum Gasteiger partial charge on any atom is 0.319 e. The molecule has 3 N–H and O–H groups in total.